The Labute approximate surface area is 134 Å². The number of β-amino-alcohol motifs (C(OH)–C–C–N with tert-alkyl or cyclic N) is 1. The fraction of sp³-hybridized carbons (Fsp3) is 0.588. The van der Waals surface area contributed by atoms with Crippen LogP contribution < -0.4 is 0 Å². The van der Waals surface area contributed by atoms with Gasteiger partial charge in [-0.2, -0.15) is 4.37 Å². The van der Waals surface area contributed by atoms with Gasteiger partial charge in [-0.1, -0.05) is 6.92 Å². The summed E-state index contributed by atoms with van der Waals surface area (Å²) in [6.07, 6.45) is 2.88. The fourth-order valence-electron chi connectivity index (χ4n) is 3.18. The molecule has 2 heterocycles. The van der Waals surface area contributed by atoms with Crippen LogP contribution in [0.15, 0.2) is 18.2 Å². The molecular formula is C17H23FN2OS. The van der Waals surface area contributed by atoms with Gasteiger partial charge in [-0.25, -0.2) is 4.39 Å². The second-order valence-corrected chi connectivity index (χ2v) is 7.41. The summed E-state index contributed by atoms with van der Waals surface area (Å²) in [7, 11) is 0. The Kier molecular flexibility index (Phi) is 4.48. The third kappa shape index (κ3) is 3.31. The summed E-state index contributed by atoms with van der Waals surface area (Å²) in [5.74, 6) is 0.251. The number of piperidine rings is 1. The van der Waals surface area contributed by atoms with Crippen molar-refractivity contribution < 1.29 is 9.50 Å². The largest absolute Gasteiger partial charge is 0.389 e. The highest BCUT2D eigenvalue weighted by Crippen LogP contribution is 2.34. The average molecular weight is 322 g/mol. The molecule has 0 saturated carbocycles. The highest BCUT2D eigenvalue weighted by molar-refractivity contribution is 7.13. The zero-order chi connectivity index (χ0) is 15.7. The molecule has 1 atom stereocenters. The van der Waals surface area contributed by atoms with Gasteiger partial charge in [0.2, 0.25) is 0 Å². The minimum atomic E-state index is -0.600. The maximum Gasteiger partial charge on any atom is 0.124 e. The number of hydrogen-bond donors (Lipinski definition) is 1. The quantitative estimate of drug-likeness (QED) is 0.931. The van der Waals surface area contributed by atoms with E-state index in [9.17, 15) is 9.50 Å². The van der Waals surface area contributed by atoms with Crippen molar-refractivity contribution in [3.8, 4) is 0 Å². The molecule has 3 rings (SSSR count). The summed E-state index contributed by atoms with van der Waals surface area (Å²) < 4.78 is 18.8. The van der Waals surface area contributed by atoms with Gasteiger partial charge in [0.15, 0.2) is 0 Å². The lowest BCUT2D eigenvalue weighted by Crippen LogP contribution is -2.43. The molecule has 1 fully saturated rings. The van der Waals surface area contributed by atoms with Crippen LogP contribution in [0.5, 0.6) is 0 Å². The van der Waals surface area contributed by atoms with Crippen molar-refractivity contribution in [1.29, 1.82) is 0 Å². The highest BCUT2D eigenvalue weighted by Gasteiger charge is 2.28. The second kappa shape index (κ2) is 6.22. The van der Waals surface area contributed by atoms with E-state index < -0.39 is 5.60 Å². The van der Waals surface area contributed by atoms with Crippen molar-refractivity contribution in [2.24, 2.45) is 0 Å². The van der Waals surface area contributed by atoms with Gasteiger partial charge in [0.05, 0.1) is 16.0 Å². The van der Waals surface area contributed by atoms with E-state index in [4.69, 9.17) is 0 Å². The molecule has 1 aliphatic heterocycles. The Morgan fingerprint density at radius 2 is 2.14 bits per heavy atom. The number of likely N-dealkylation sites (tertiary alicyclic amines) is 1. The van der Waals surface area contributed by atoms with E-state index in [1.54, 1.807) is 6.07 Å². The summed E-state index contributed by atoms with van der Waals surface area (Å²) >= 11 is 1.39. The van der Waals surface area contributed by atoms with Crippen molar-refractivity contribution in [2.75, 3.05) is 19.6 Å². The zero-order valence-corrected chi connectivity index (χ0v) is 14.0. The normalized spacial score (nSPS) is 20.4. The Hall–Kier alpha value is -1.04. The molecule has 22 heavy (non-hydrogen) atoms. The Balaban J connectivity index is 1.68. The molecule has 0 aliphatic carbocycles. The number of halogens is 1. The van der Waals surface area contributed by atoms with E-state index in [1.165, 1.54) is 17.6 Å². The van der Waals surface area contributed by atoms with Crippen LogP contribution in [0.1, 0.15) is 44.7 Å². The maximum absolute atomic E-state index is 13.3. The molecule has 1 unspecified atom stereocenters. The van der Waals surface area contributed by atoms with E-state index in [0.717, 1.165) is 54.7 Å². The van der Waals surface area contributed by atoms with Crippen LogP contribution in [0, 0.1) is 5.82 Å². The molecule has 1 aromatic carbocycles. The van der Waals surface area contributed by atoms with E-state index in [0.29, 0.717) is 5.92 Å². The number of hydrogen-bond acceptors (Lipinski definition) is 4. The zero-order valence-electron chi connectivity index (χ0n) is 13.2. The number of rotatable bonds is 4. The molecule has 2 aromatic rings. The Morgan fingerprint density at radius 3 is 2.82 bits per heavy atom. The van der Waals surface area contributed by atoms with Gasteiger partial charge in [-0.15, -0.1) is 0 Å². The second-order valence-electron chi connectivity index (χ2n) is 6.61. The number of aliphatic hydroxyl groups is 1. The number of nitrogens with zero attached hydrogens (tertiary/aromatic N) is 2. The minimum Gasteiger partial charge on any atom is -0.389 e. The van der Waals surface area contributed by atoms with E-state index in [2.05, 4.69) is 9.27 Å². The maximum atomic E-state index is 13.3. The molecule has 5 heteroatoms. The summed E-state index contributed by atoms with van der Waals surface area (Å²) in [6, 6.07) is 4.95. The molecule has 0 bridgehead atoms. The molecule has 1 aliphatic rings. The smallest absolute Gasteiger partial charge is 0.124 e. The molecule has 120 valence electrons. The van der Waals surface area contributed by atoms with Crippen molar-refractivity contribution in [2.45, 2.75) is 44.6 Å². The first kappa shape index (κ1) is 15.8. The van der Waals surface area contributed by atoms with Crippen LogP contribution in [0.3, 0.4) is 0 Å². The third-order valence-electron chi connectivity index (χ3n) is 4.76. The molecular weight excluding hydrogens is 299 g/mol. The van der Waals surface area contributed by atoms with Gasteiger partial charge in [-0.3, -0.25) is 0 Å². The Morgan fingerprint density at radius 1 is 1.41 bits per heavy atom. The molecule has 0 radical (unpaired) electrons. The van der Waals surface area contributed by atoms with Crippen LogP contribution in [0.25, 0.3) is 10.1 Å². The lowest BCUT2D eigenvalue weighted by molar-refractivity contribution is 0.00957. The van der Waals surface area contributed by atoms with Gasteiger partial charge in [0.25, 0.3) is 0 Å². The third-order valence-corrected chi connectivity index (χ3v) is 5.58. The summed E-state index contributed by atoms with van der Waals surface area (Å²) in [6.45, 7) is 6.64. The van der Waals surface area contributed by atoms with Crippen molar-refractivity contribution in [1.82, 2.24) is 9.27 Å². The van der Waals surface area contributed by atoms with Gasteiger partial charge in [-0.05, 0) is 69.0 Å². The summed E-state index contributed by atoms with van der Waals surface area (Å²) in [5.41, 5.74) is 0.527. The first-order valence-electron chi connectivity index (χ1n) is 7.98. The standard InChI is InChI=1S/C17H23FN2OS/c1-3-17(2,21)11-20-8-6-12(7-9-20)16-14-5-4-13(18)10-15(14)22-19-16/h4-5,10,12,21H,3,6-9,11H2,1-2H3. The van der Waals surface area contributed by atoms with Crippen molar-refractivity contribution in [3.05, 3.63) is 29.7 Å². The van der Waals surface area contributed by atoms with Gasteiger partial charge >= 0.3 is 0 Å². The number of aromatic nitrogens is 1. The average Bonchev–Trinajstić information content (AvgIpc) is 2.90. The first-order chi connectivity index (χ1) is 10.5. The molecule has 3 nitrogen and oxygen atoms in total. The highest BCUT2D eigenvalue weighted by atomic mass is 32.1. The minimum absolute atomic E-state index is 0.195. The topological polar surface area (TPSA) is 36.4 Å². The first-order valence-corrected chi connectivity index (χ1v) is 8.75. The predicted octanol–water partition coefficient (Wildman–Crippen LogP) is 3.78. The molecule has 0 spiro atoms. The van der Waals surface area contributed by atoms with Crippen LogP contribution in [0.4, 0.5) is 4.39 Å². The predicted molar refractivity (Wildman–Crippen MR) is 88.9 cm³/mol. The summed E-state index contributed by atoms with van der Waals surface area (Å²) in [4.78, 5) is 2.34. The lowest BCUT2D eigenvalue weighted by atomic mass is 9.90. The molecule has 1 aromatic heterocycles. The van der Waals surface area contributed by atoms with E-state index in [-0.39, 0.29) is 5.82 Å². The van der Waals surface area contributed by atoms with E-state index >= 15 is 0 Å². The van der Waals surface area contributed by atoms with Crippen LogP contribution in [-0.4, -0.2) is 39.6 Å². The lowest BCUT2D eigenvalue weighted by Gasteiger charge is -2.36. The Bertz CT molecular complexity index is 647. The van der Waals surface area contributed by atoms with Crippen LogP contribution >= 0.6 is 11.5 Å². The van der Waals surface area contributed by atoms with Crippen molar-refractivity contribution in [3.63, 3.8) is 0 Å². The monoisotopic (exact) mass is 322 g/mol. The molecule has 1 N–H and O–H groups in total. The van der Waals surface area contributed by atoms with E-state index in [1.807, 2.05) is 19.9 Å². The summed E-state index contributed by atoms with van der Waals surface area (Å²) in [5, 5.41) is 11.3. The number of fused-ring (bicyclic) bond motifs is 1. The van der Waals surface area contributed by atoms with Gasteiger partial charge in [0.1, 0.15) is 5.82 Å². The molecule has 1 saturated heterocycles. The SMILES string of the molecule is CCC(C)(O)CN1CCC(c2nsc3cc(F)ccc23)CC1. The fourth-order valence-corrected chi connectivity index (χ4v) is 4.06. The number of benzene rings is 1. The molecule has 0 amide bonds. The van der Waals surface area contributed by atoms with Crippen molar-refractivity contribution >= 4 is 21.6 Å². The van der Waals surface area contributed by atoms with Crippen LogP contribution in [0.2, 0.25) is 0 Å². The van der Waals surface area contributed by atoms with Gasteiger partial charge < -0.3 is 10.0 Å². The van der Waals surface area contributed by atoms with Crippen LogP contribution in [-0.2, 0) is 0 Å². The van der Waals surface area contributed by atoms with Gasteiger partial charge in [0, 0.05) is 17.8 Å².